The molecule has 0 heterocycles. The molecule has 0 radical (unpaired) electrons. The zero-order valence-corrected chi connectivity index (χ0v) is 23.0. The van der Waals surface area contributed by atoms with Crippen molar-refractivity contribution in [3.63, 3.8) is 0 Å². The number of rotatable bonds is 2. The molecule has 5 aliphatic rings. The fourth-order valence-corrected chi connectivity index (χ4v) is 10.9. The summed E-state index contributed by atoms with van der Waals surface area (Å²) >= 11 is 0. The molecule has 5 rings (SSSR count). The van der Waals surface area contributed by atoms with Crippen LogP contribution in [0.5, 0.6) is 0 Å². The molecule has 4 saturated carbocycles. The second-order valence-corrected chi connectivity index (χ2v) is 14.5. The van der Waals surface area contributed by atoms with Gasteiger partial charge in [-0.3, -0.25) is 4.79 Å². The number of allylic oxidation sites excluding steroid dienone is 2. The predicted molar refractivity (Wildman–Crippen MR) is 137 cm³/mol. The van der Waals surface area contributed by atoms with E-state index in [1.54, 1.807) is 6.92 Å². The van der Waals surface area contributed by atoms with Gasteiger partial charge in [0.1, 0.15) is 5.60 Å². The normalized spacial score (nSPS) is 58.6. The van der Waals surface area contributed by atoms with Crippen molar-refractivity contribution in [3.8, 4) is 0 Å². The molecular weight excluding hydrogens is 456 g/mol. The number of aliphatic hydroxyl groups is 4. The van der Waals surface area contributed by atoms with E-state index >= 15 is 0 Å². The van der Waals surface area contributed by atoms with Gasteiger partial charge in [-0.05, 0) is 85.9 Å². The average Bonchev–Trinajstić information content (AvgIpc) is 2.82. The minimum Gasteiger partial charge on any atom is -0.481 e. The summed E-state index contributed by atoms with van der Waals surface area (Å²) < 4.78 is 0. The number of carboxylic acid groups (broad SMARTS) is 1. The summed E-state index contributed by atoms with van der Waals surface area (Å²) in [4.78, 5) is 12.8. The fraction of sp³-hybridized carbons (Fsp3) is 0.900. The summed E-state index contributed by atoms with van der Waals surface area (Å²) in [6.45, 7) is 12.5. The van der Waals surface area contributed by atoms with Crippen molar-refractivity contribution in [3.05, 3.63) is 11.6 Å². The van der Waals surface area contributed by atoms with Crippen molar-refractivity contribution in [2.24, 2.45) is 50.7 Å². The molecule has 6 heteroatoms. The Labute approximate surface area is 216 Å². The maximum atomic E-state index is 12.8. The van der Waals surface area contributed by atoms with Crippen LogP contribution in [-0.2, 0) is 4.79 Å². The van der Waals surface area contributed by atoms with Crippen LogP contribution in [0.2, 0.25) is 0 Å². The van der Waals surface area contributed by atoms with E-state index < -0.39 is 46.6 Å². The molecule has 12 unspecified atom stereocenters. The van der Waals surface area contributed by atoms with Crippen LogP contribution in [0.4, 0.5) is 0 Å². The Morgan fingerprint density at radius 2 is 1.64 bits per heavy atom. The van der Waals surface area contributed by atoms with Crippen LogP contribution in [-0.4, -0.2) is 55.9 Å². The molecule has 5 aliphatic carbocycles. The van der Waals surface area contributed by atoms with Gasteiger partial charge in [-0.2, -0.15) is 0 Å². The second kappa shape index (κ2) is 7.80. The summed E-state index contributed by atoms with van der Waals surface area (Å²) in [6.07, 6.45) is 5.55. The molecule has 0 aliphatic heterocycles. The molecule has 0 bridgehead atoms. The van der Waals surface area contributed by atoms with Crippen molar-refractivity contribution in [1.29, 1.82) is 0 Å². The molecular formula is C30H48O6. The molecule has 0 aromatic rings. The zero-order valence-electron chi connectivity index (χ0n) is 23.0. The van der Waals surface area contributed by atoms with Crippen molar-refractivity contribution in [2.45, 2.75) is 111 Å². The second-order valence-electron chi connectivity index (χ2n) is 14.5. The van der Waals surface area contributed by atoms with Crippen LogP contribution < -0.4 is 0 Å². The first-order valence-electron chi connectivity index (χ1n) is 14.2. The van der Waals surface area contributed by atoms with E-state index in [2.05, 4.69) is 40.7 Å². The molecule has 0 spiro atoms. The van der Waals surface area contributed by atoms with Crippen molar-refractivity contribution < 1.29 is 30.3 Å². The number of hydrogen-bond donors (Lipinski definition) is 5. The third-order valence-electron chi connectivity index (χ3n) is 13.7. The number of hydrogen-bond acceptors (Lipinski definition) is 5. The lowest BCUT2D eigenvalue weighted by molar-refractivity contribution is -0.338. The Morgan fingerprint density at radius 1 is 0.972 bits per heavy atom. The SMILES string of the molecule is CC1CCC2(C(=O)O)CCC3(C)C(=CCC4C3(C)CC(O)C3(O)C(C)(CO)C(O)CCC43C)C2C1C. The Hall–Kier alpha value is -0.950. The van der Waals surface area contributed by atoms with E-state index in [0.29, 0.717) is 31.6 Å². The largest absolute Gasteiger partial charge is 0.481 e. The molecule has 0 aromatic carbocycles. The van der Waals surface area contributed by atoms with E-state index in [4.69, 9.17) is 0 Å². The van der Waals surface area contributed by atoms with Crippen molar-refractivity contribution in [1.82, 2.24) is 0 Å². The van der Waals surface area contributed by atoms with Crippen molar-refractivity contribution >= 4 is 5.97 Å². The van der Waals surface area contributed by atoms with Gasteiger partial charge in [-0.1, -0.05) is 53.2 Å². The van der Waals surface area contributed by atoms with Gasteiger partial charge in [0.25, 0.3) is 0 Å². The molecule has 4 fully saturated rings. The van der Waals surface area contributed by atoms with Crippen LogP contribution in [0.1, 0.15) is 92.9 Å². The highest BCUT2D eigenvalue weighted by Gasteiger charge is 2.77. The minimum atomic E-state index is -1.62. The van der Waals surface area contributed by atoms with Crippen LogP contribution in [0, 0.1) is 50.7 Å². The van der Waals surface area contributed by atoms with Gasteiger partial charge in [-0.25, -0.2) is 0 Å². The van der Waals surface area contributed by atoms with Crippen LogP contribution in [0.15, 0.2) is 11.6 Å². The molecule has 5 N–H and O–H groups in total. The Morgan fingerprint density at radius 3 is 2.25 bits per heavy atom. The molecule has 36 heavy (non-hydrogen) atoms. The highest BCUT2D eigenvalue weighted by atomic mass is 16.4. The zero-order chi connectivity index (χ0) is 26.7. The highest BCUT2D eigenvalue weighted by Crippen LogP contribution is 2.76. The summed E-state index contributed by atoms with van der Waals surface area (Å²) in [5, 5.41) is 56.0. The van der Waals surface area contributed by atoms with Crippen LogP contribution >= 0.6 is 0 Å². The van der Waals surface area contributed by atoms with E-state index in [1.165, 1.54) is 5.57 Å². The Bertz CT molecular complexity index is 978. The van der Waals surface area contributed by atoms with E-state index in [0.717, 1.165) is 25.7 Å². The maximum Gasteiger partial charge on any atom is 0.310 e. The molecule has 12 atom stereocenters. The quantitative estimate of drug-likeness (QED) is 0.361. The maximum absolute atomic E-state index is 12.8. The van der Waals surface area contributed by atoms with E-state index in [9.17, 15) is 30.3 Å². The molecule has 0 aromatic heterocycles. The first kappa shape index (κ1) is 26.6. The lowest BCUT2D eigenvalue weighted by Crippen LogP contribution is -2.79. The molecule has 0 saturated heterocycles. The van der Waals surface area contributed by atoms with Gasteiger partial charge in [0.2, 0.25) is 0 Å². The third-order valence-corrected chi connectivity index (χ3v) is 13.7. The van der Waals surface area contributed by atoms with Gasteiger partial charge in [-0.15, -0.1) is 0 Å². The first-order chi connectivity index (χ1) is 16.6. The number of aliphatic carboxylic acids is 1. The molecule has 204 valence electrons. The highest BCUT2D eigenvalue weighted by molar-refractivity contribution is 5.76. The number of fused-ring (bicyclic) bond motifs is 7. The van der Waals surface area contributed by atoms with Gasteiger partial charge >= 0.3 is 5.97 Å². The smallest absolute Gasteiger partial charge is 0.310 e. The summed E-state index contributed by atoms with van der Waals surface area (Å²) in [5.74, 6) is 0.0906. The standard InChI is InChI=1S/C30H48O6/c1-17-9-12-29(24(34)35)14-13-25(3)19(23(29)18(17)2)7-8-20-26(4)11-10-21(32)28(6,16-31)30(26,36)22(33)15-27(20,25)5/h7,17-18,20-23,31-33,36H,8-16H2,1-6H3,(H,34,35). The molecule has 6 nitrogen and oxygen atoms in total. The summed E-state index contributed by atoms with van der Waals surface area (Å²) in [7, 11) is 0. The fourth-order valence-electron chi connectivity index (χ4n) is 10.9. The number of carbonyl (C=O) groups is 1. The van der Waals surface area contributed by atoms with Gasteiger partial charge in [0.15, 0.2) is 0 Å². The Balaban J connectivity index is 1.67. The van der Waals surface area contributed by atoms with E-state index in [1.807, 2.05) is 0 Å². The minimum absolute atomic E-state index is 0.0167. The van der Waals surface area contributed by atoms with E-state index in [-0.39, 0.29) is 28.6 Å². The topological polar surface area (TPSA) is 118 Å². The number of aliphatic hydroxyl groups excluding tert-OH is 3. The first-order valence-corrected chi connectivity index (χ1v) is 14.2. The lowest BCUT2D eigenvalue weighted by Gasteiger charge is -2.74. The van der Waals surface area contributed by atoms with Gasteiger partial charge in [0.05, 0.1) is 24.2 Å². The number of carboxylic acids is 1. The third kappa shape index (κ3) is 2.70. The summed E-state index contributed by atoms with van der Waals surface area (Å²) in [6, 6.07) is 0. The predicted octanol–water partition coefficient (Wildman–Crippen LogP) is 4.15. The molecule has 0 amide bonds. The summed E-state index contributed by atoms with van der Waals surface area (Å²) in [5.41, 5.74) is -3.62. The van der Waals surface area contributed by atoms with Gasteiger partial charge in [0, 0.05) is 10.8 Å². The van der Waals surface area contributed by atoms with Crippen molar-refractivity contribution in [2.75, 3.05) is 6.61 Å². The van der Waals surface area contributed by atoms with Crippen LogP contribution in [0.25, 0.3) is 0 Å². The lowest BCUT2D eigenvalue weighted by atomic mass is 9.31. The van der Waals surface area contributed by atoms with Gasteiger partial charge < -0.3 is 25.5 Å². The Kier molecular flexibility index (Phi) is 5.77. The monoisotopic (exact) mass is 504 g/mol. The average molecular weight is 505 g/mol. The van der Waals surface area contributed by atoms with Crippen LogP contribution in [0.3, 0.4) is 0 Å².